The van der Waals surface area contributed by atoms with Gasteiger partial charge in [-0.15, -0.1) is 0 Å². The number of hydrogen-bond acceptors (Lipinski definition) is 6. The molecule has 45 heavy (non-hydrogen) atoms. The van der Waals surface area contributed by atoms with E-state index in [0.29, 0.717) is 45.0 Å². The first-order valence-electron chi connectivity index (χ1n) is 13.6. The van der Waals surface area contributed by atoms with Crippen molar-refractivity contribution in [1.82, 2.24) is 5.32 Å². The van der Waals surface area contributed by atoms with Gasteiger partial charge in [0, 0.05) is 0 Å². The van der Waals surface area contributed by atoms with Crippen molar-refractivity contribution in [2.75, 3.05) is 11.5 Å². The second kappa shape index (κ2) is 14.5. The van der Waals surface area contributed by atoms with Crippen LogP contribution in [0.25, 0.3) is 6.08 Å². The van der Waals surface area contributed by atoms with Gasteiger partial charge < -0.3 is 14.2 Å². The van der Waals surface area contributed by atoms with Crippen LogP contribution in [0.2, 0.25) is 10.0 Å². The van der Waals surface area contributed by atoms with Crippen LogP contribution in [0.15, 0.2) is 93.4 Å². The molecule has 230 valence electrons. The molecular weight excluding hydrogens is 751 g/mol. The number of benzene rings is 4. The number of halogens is 4. The Morgan fingerprint density at radius 3 is 2.18 bits per heavy atom. The number of nitrogens with one attached hydrogen (secondary N) is 1. The van der Waals surface area contributed by atoms with Gasteiger partial charge in [-0.2, -0.15) is 0 Å². The largest absolute Gasteiger partial charge is 0.490 e. The molecule has 0 saturated carbocycles. The summed E-state index contributed by atoms with van der Waals surface area (Å²) < 4.78 is 19.1. The topological polar surface area (TPSA) is 94.2 Å². The smallest absolute Gasteiger partial charge is 0.335 e. The number of nitrogens with zero attached hydrogens (tertiary/aromatic N) is 1. The molecule has 1 aliphatic rings. The molecule has 1 N–H and O–H groups in total. The first-order chi connectivity index (χ1) is 21.6. The van der Waals surface area contributed by atoms with Gasteiger partial charge in [0.2, 0.25) is 0 Å². The van der Waals surface area contributed by atoms with E-state index in [2.05, 4.69) is 37.2 Å². The number of anilines is 1. The van der Waals surface area contributed by atoms with Gasteiger partial charge in [0.15, 0.2) is 11.5 Å². The van der Waals surface area contributed by atoms with Gasteiger partial charge in [0.05, 0.1) is 31.3 Å². The monoisotopic (exact) mass is 772 g/mol. The van der Waals surface area contributed by atoms with E-state index >= 15 is 0 Å². The molecule has 0 bridgehead atoms. The molecule has 0 atom stereocenters. The Labute approximate surface area is 286 Å². The van der Waals surface area contributed by atoms with Gasteiger partial charge >= 0.3 is 6.03 Å². The van der Waals surface area contributed by atoms with Crippen LogP contribution in [0.3, 0.4) is 0 Å². The van der Waals surface area contributed by atoms with Crippen LogP contribution in [-0.2, 0) is 22.8 Å². The fourth-order valence-electron chi connectivity index (χ4n) is 4.40. The first-order valence-corrected chi connectivity index (χ1v) is 15.9. The number of amides is 4. The lowest BCUT2D eigenvalue weighted by molar-refractivity contribution is -0.122. The van der Waals surface area contributed by atoms with Gasteiger partial charge in [-0.1, -0.05) is 59.6 Å². The van der Waals surface area contributed by atoms with E-state index in [1.54, 1.807) is 12.1 Å². The molecule has 4 aromatic rings. The van der Waals surface area contributed by atoms with E-state index in [9.17, 15) is 14.4 Å². The van der Waals surface area contributed by atoms with E-state index in [1.807, 2.05) is 55.5 Å². The van der Waals surface area contributed by atoms with Crippen molar-refractivity contribution < 1.29 is 28.6 Å². The molecule has 4 amide bonds. The van der Waals surface area contributed by atoms with Gasteiger partial charge in [-0.05, 0) is 104 Å². The number of hydrogen-bond donors (Lipinski definition) is 1. The highest BCUT2D eigenvalue weighted by Gasteiger charge is 2.37. The fraction of sp³-hybridized carbons (Fsp3) is 0.121. The van der Waals surface area contributed by atoms with Crippen molar-refractivity contribution in [3.8, 4) is 17.2 Å². The summed E-state index contributed by atoms with van der Waals surface area (Å²) >= 11 is 19.1. The molecule has 4 aromatic carbocycles. The predicted molar refractivity (Wildman–Crippen MR) is 180 cm³/mol. The molecule has 1 saturated heterocycles. The van der Waals surface area contributed by atoms with E-state index in [1.165, 1.54) is 24.3 Å². The number of barbiturate groups is 1. The zero-order chi connectivity index (χ0) is 32.1. The van der Waals surface area contributed by atoms with E-state index in [0.717, 1.165) is 16.0 Å². The van der Waals surface area contributed by atoms with Crippen LogP contribution in [0.1, 0.15) is 23.6 Å². The molecule has 1 fully saturated rings. The minimum atomic E-state index is -0.894. The number of carbonyl (C=O) groups excluding carboxylic acids is 3. The van der Waals surface area contributed by atoms with E-state index < -0.39 is 17.8 Å². The summed E-state index contributed by atoms with van der Waals surface area (Å²) in [5.74, 6) is 0.112. The summed E-state index contributed by atoms with van der Waals surface area (Å²) in [5.41, 5.74) is 2.33. The second-order valence-corrected chi connectivity index (χ2v) is 12.2. The maximum absolute atomic E-state index is 13.3. The van der Waals surface area contributed by atoms with Crippen molar-refractivity contribution in [2.45, 2.75) is 20.1 Å². The second-order valence-electron chi connectivity index (χ2n) is 9.65. The average Bonchev–Trinajstić information content (AvgIpc) is 3.01. The van der Waals surface area contributed by atoms with Crippen LogP contribution >= 0.6 is 55.1 Å². The van der Waals surface area contributed by atoms with Crippen LogP contribution in [0, 0.1) is 0 Å². The Morgan fingerprint density at radius 1 is 0.778 bits per heavy atom. The summed E-state index contributed by atoms with van der Waals surface area (Å²) in [7, 11) is 0. The van der Waals surface area contributed by atoms with Crippen molar-refractivity contribution in [2.24, 2.45) is 0 Å². The third kappa shape index (κ3) is 7.70. The summed E-state index contributed by atoms with van der Waals surface area (Å²) in [5, 5.41) is 2.60. The fourth-order valence-corrected chi connectivity index (χ4v) is 6.15. The Morgan fingerprint density at radius 2 is 1.49 bits per heavy atom. The van der Waals surface area contributed by atoms with E-state index in [4.69, 9.17) is 37.4 Å². The molecule has 0 aromatic heterocycles. The Bertz CT molecular complexity index is 1790. The van der Waals surface area contributed by atoms with Gasteiger partial charge in [0.25, 0.3) is 11.8 Å². The van der Waals surface area contributed by atoms with Crippen molar-refractivity contribution in [3.05, 3.63) is 120 Å². The Kier molecular flexibility index (Phi) is 10.5. The number of imide groups is 2. The van der Waals surface area contributed by atoms with Crippen molar-refractivity contribution in [3.63, 3.8) is 0 Å². The molecule has 0 unspecified atom stereocenters. The highest BCUT2D eigenvalue weighted by atomic mass is 79.9. The number of rotatable bonds is 10. The lowest BCUT2D eigenvalue weighted by Crippen LogP contribution is -2.54. The Hall–Kier alpha value is -3.83. The summed E-state index contributed by atoms with van der Waals surface area (Å²) in [6.45, 7) is 3.01. The maximum atomic E-state index is 13.3. The highest BCUT2D eigenvalue weighted by molar-refractivity contribution is 9.11. The molecule has 1 aliphatic heterocycles. The number of carbonyl (C=O) groups is 3. The minimum absolute atomic E-state index is 0.155. The molecule has 5 rings (SSSR count). The maximum Gasteiger partial charge on any atom is 0.335 e. The molecule has 8 nitrogen and oxygen atoms in total. The van der Waals surface area contributed by atoms with E-state index in [-0.39, 0.29) is 27.9 Å². The normalized spacial score (nSPS) is 14.0. The minimum Gasteiger partial charge on any atom is -0.490 e. The molecule has 0 spiro atoms. The van der Waals surface area contributed by atoms with Gasteiger partial charge in [0.1, 0.15) is 24.5 Å². The SMILES string of the molecule is CCOc1cc(COc2c(Br)cc(/C=C3/C(=O)NC(=O)N(c4ccc(Cl)c(Cl)c4)C3=O)cc2Br)ccc1OCc1ccccc1. The summed E-state index contributed by atoms with van der Waals surface area (Å²) in [6, 6.07) is 22.3. The van der Waals surface area contributed by atoms with Crippen LogP contribution < -0.4 is 24.4 Å². The number of urea groups is 1. The average molecular weight is 775 g/mol. The van der Waals surface area contributed by atoms with Crippen LogP contribution in [0.5, 0.6) is 17.2 Å². The first kappa shape index (κ1) is 32.6. The quantitative estimate of drug-likeness (QED) is 0.128. The van der Waals surface area contributed by atoms with Crippen molar-refractivity contribution >= 4 is 84.7 Å². The lowest BCUT2D eigenvalue weighted by atomic mass is 10.1. The molecule has 0 radical (unpaired) electrons. The molecule has 0 aliphatic carbocycles. The summed E-state index contributed by atoms with van der Waals surface area (Å²) in [4.78, 5) is 39.3. The third-order valence-electron chi connectivity index (χ3n) is 6.52. The lowest BCUT2D eigenvalue weighted by Gasteiger charge is -2.26. The van der Waals surface area contributed by atoms with Gasteiger partial charge in [-0.25, -0.2) is 9.69 Å². The molecule has 1 heterocycles. The standard InChI is InChI=1S/C33H24Br2Cl2N2O6/c1-2-43-29-15-20(8-11-28(29)44-17-19-6-4-3-5-7-19)18-45-30-24(34)13-21(14-25(30)35)12-23-31(40)38-33(42)39(32(23)41)22-9-10-26(36)27(37)16-22/h3-16H,2,17-18H2,1H3,(H,38,40,42)/b23-12-. The molecular formula is C33H24Br2Cl2N2O6. The zero-order valence-corrected chi connectivity index (χ0v) is 28.3. The molecule has 12 heteroatoms. The number of ether oxygens (including phenoxy) is 3. The highest BCUT2D eigenvalue weighted by Crippen LogP contribution is 2.37. The summed E-state index contributed by atoms with van der Waals surface area (Å²) in [6.07, 6.45) is 1.39. The van der Waals surface area contributed by atoms with Gasteiger partial charge in [-0.3, -0.25) is 14.9 Å². The predicted octanol–water partition coefficient (Wildman–Crippen LogP) is 8.74. The Balaban J connectivity index is 1.32. The third-order valence-corrected chi connectivity index (χ3v) is 8.44. The zero-order valence-electron chi connectivity index (χ0n) is 23.6. The van der Waals surface area contributed by atoms with Crippen molar-refractivity contribution in [1.29, 1.82) is 0 Å². The van der Waals surface area contributed by atoms with Crippen LogP contribution in [0.4, 0.5) is 10.5 Å². The van der Waals surface area contributed by atoms with Crippen LogP contribution in [-0.4, -0.2) is 24.5 Å².